The number of amides is 1. The number of carbonyl (C=O) groups excluding carboxylic acids is 1. The fourth-order valence-corrected chi connectivity index (χ4v) is 1.99. The molecule has 0 unspecified atom stereocenters. The van der Waals surface area contributed by atoms with Crippen LogP contribution < -0.4 is 10.9 Å². The molecule has 4 nitrogen and oxygen atoms in total. The normalized spacial score (nSPS) is 21.0. The highest BCUT2D eigenvalue weighted by Gasteiger charge is 2.35. The molecule has 0 aromatic heterocycles. The first-order valence-corrected chi connectivity index (χ1v) is 5.55. The molecule has 0 atom stereocenters. The van der Waals surface area contributed by atoms with Crippen LogP contribution in [0.2, 0.25) is 0 Å². The van der Waals surface area contributed by atoms with Crippen molar-refractivity contribution in [3.63, 3.8) is 0 Å². The van der Waals surface area contributed by atoms with Crippen LogP contribution in [0.3, 0.4) is 0 Å². The third-order valence-electron chi connectivity index (χ3n) is 3.06. The number of halogens is 2. The molecule has 0 aliphatic heterocycles. The highest BCUT2D eigenvalue weighted by atomic mass is 19.3. The fourth-order valence-electron chi connectivity index (χ4n) is 1.99. The van der Waals surface area contributed by atoms with Crippen molar-refractivity contribution in [3.8, 4) is 0 Å². The van der Waals surface area contributed by atoms with Gasteiger partial charge in [-0.25, -0.2) is 14.2 Å². The zero-order chi connectivity index (χ0) is 12.0. The van der Waals surface area contributed by atoms with Crippen LogP contribution in [0.25, 0.3) is 0 Å². The highest BCUT2D eigenvalue weighted by Crippen LogP contribution is 2.34. The largest absolute Gasteiger partial charge is 0.302 e. The van der Waals surface area contributed by atoms with Crippen molar-refractivity contribution >= 4 is 6.41 Å². The van der Waals surface area contributed by atoms with E-state index in [0.29, 0.717) is 25.8 Å². The molecule has 1 aliphatic carbocycles. The molecule has 0 aromatic carbocycles. The smallest absolute Gasteiger partial charge is 0.248 e. The minimum absolute atomic E-state index is 0.0119. The van der Waals surface area contributed by atoms with E-state index in [0.717, 1.165) is 6.54 Å². The first-order chi connectivity index (χ1) is 7.55. The average Bonchev–Trinajstić information content (AvgIpc) is 2.24. The molecule has 1 rings (SSSR count). The number of hydrazine groups is 1. The zero-order valence-electron chi connectivity index (χ0n) is 9.51. The van der Waals surface area contributed by atoms with Crippen LogP contribution in [0.5, 0.6) is 0 Å². The summed E-state index contributed by atoms with van der Waals surface area (Å²) in [5, 5.41) is 0. The predicted molar refractivity (Wildman–Crippen MR) is 57.0 cm³/mol. The summed E-state index contributed by atoms with van der Waals surface area (Å²) in [6.07, 6.45) is 1.64. The Morgan fingerprint density at radius 3 is 2.62 bits per heavy atom. The molecule has 2 N–H and O–H groups in total. The molecular formula is C10H19F2N3O. The van der Waals surface area contributed by atoms with E-state index in [4.69, 9.17) is 0 Å². The molecule has 0 saturated heterocycles. The molecule has 0 spiro atoms. The molecule has 94 valence electrons. The zero-order valence-corrected chi connectivity index (χ0v) is 9.51. The maximum atomic E-state index is 12.9. The van der Waals surface area contributed by atoms with Crippen LogP contribution in [0.1, 0.15) is 25.7 Å². The Kier molecular flexibility index (Phi) is 5.08. The molecule has 16 heavy (non-hydrogen) atoms. The van der Waals surface area contributed by atoms with Crippen LogP contribution in [0.15, 0.2) is 0 Å². The van der Waals surface area contributed by atoms with Gasteiger partial charge in [0.15, 0.2) is 0 Å². The molecule has 0 radical (unpaired) electrons. The number of likely N-dealkylation sites (N-methyl/N-ethyl adjacent to an activating group) is 1. The van der Waals surface area contributed by atoms with Gasteiger partial charge in [-0.15, -0.1) is 0 Å². The van der Waals surface area contributed by atoms with E-state index in [9.17, 15) is 13.6 Å². The van der Waals surface area contributed by atoms with E-state index in [1.165, 1.54) is 0 Å². The van der Waals surface area contributed by atoms with Gasteiger partial charge in [-0.1, -0.05) is 0 Å². The van der Waals surface area contributed by atoms with Crippen molar-refractivity contribution < 1.29 is 13.6 Å². The maximum Gasteiger partial charge on any atom is 0.248 e. The Morgan fingerprint density at radius 1 is 1.44 bits per heavy atom. The van der Waals surface area contributed by atoms with Crippen molar-refractivity contribution in [2.24, 2.45) is 0 Å². The SMILES string of the molecule is CN(CCNNC=O)C1CCC(F)(F)CC1. The summed E-state index contributed by atoms with van der Waals surface area (Å²) in [6, 6.07) is 0.234. The number of hydrogen-bond donors (Lipinski definition) is 2. The Labute approximate surface area is 94.3 Å². The number of carbonyl (C=O) groups is 1. The molecule has 0 aromatic rings. The van der Waals surface area contributed by atoms with Crippen LogP contribution >= 0.6 is 0 Å². The minimum atomic E-state index is -2.46. The average molecular weight is 235 g/mol. The number of hydrogen-bond acceptors (Lipinski definition) is 3. The molecule has 1 amide bonds. The summed E-state index contributed by atoms with van der Waals surface area (Å²) < 4.78 is 25.8. The van der Waals surface area contributed by atoms with Crippen LogP contribution in [-0.2, 0) is 4.79 Å². The maximum absolute atomic E-state index is 12.9. The second-order valence-electron chi connectivity index (χ2n) is 4.26. The van der Waals surface area contributed by atoms with Crippen molar-refractivity contribution in [2.75, 3.05) is 20.1 Å². The lowest BCUT2D eigenvalue weighted by atomic mass is 9.91. The number of rotatable bonds is 6. The van der Waals surface area contributed by atoms with E-state index in [-0.39, 0.29) is 18.9 Å². The Balaban J connectivity index is 2.17. The van der Waals surface area contributed by atoms with Crippen molar-refractivity contribution in [2.45, 2.75) is 37.6 Å². The van der Waals surface area contributed by atoms with Gasteiger partial charge >= 0.3 is 0 Å². The van der Waals surface area contributed by atoms with Crippen LogP contribution in [0.4, 0.5) is 8.78 Å². The lowest BCUT2D eigenvalue weighted by molar-refractivity contribution is -0.110. The van der Waals surface area contributed by atoms with E-state index < -0.39 is 5.92 Å². The van der Waals surface area contributed by atoms with Gasteiger partial charge in [0, 0.05) is 32.0 Å². The predicted octanol–water partition coefficient (Wildman–Crippen LogP) is 0.747. The quantitative estimate of drug-likeness (QED) is 0.405. The standard InChI is InChI=1S/C10H19F2N3O/c1-15(7-6-13-14-8-16)9-2-4-10(11,12)5-3-9/h8-9,13H,2-7H2,1H3,(H,14,16). The lowest BCUT2D eigenvalue weighted by Crippen LogP contribution is -2.43. The monoisotopic (exact) mass is 235 g/mol. The lowest BCUT2D eigenvalue weighted by Gasteiger charge is -2.34. The molecule has 0 bridgehead atoms. The topological polar surface area (TPSA) is 44.4 Å². The van der Waals surface area contributed by atoms with Crippen LogP contribution in [0, 0.1) is 0 Å². The van der Waals surface area contributed by atoms with E-state index in [1.54, 1.807) is 0 Å². The van der Waals surface area contributed by atoms with Gasteiger partial charge in [0.25, 0.3) is 0 Å². The second kappa shape index (κ2) is 6.10. The molecule has 1 aliphatic rings. The fraction of sp³-hybridized carbons (Fsp3) is 0.900. The van der Waals surface area contributed by atoms with Crippen molar-refractivity contribution in [3.05, 3.63) is 0 Å². The van der Waals surface area contributed by atoms with Gasteiger partial charge in [0.2, 0.25) is 12.3 Å². The summed E-state index contributed by atoms with van der Waals surface area (Å²) in [6.45, 7) is 1.35. The van der Waals surface area contributed by atoms with Gasteiger partial charge in [0.05, 0.1) is 0 Å². The third-order valence-corrected chi connectivity index (χ3v) is 3.06. The number of nitrogens with one attached hydrogen (secondary N) is 2. The van der Waals surface area contributed by atoms with Crippen molar-refractivity contribution in [1.29, 1.82) is 0 Å². The van der Waals surface area contributed by atoms with E-state index >= 15 is 0 Å². The summed E-state index contributed by atoms with van der Waals surface area (Å²) in [5.74, 6) is -2.46. The second-order valence-corrected chi connectivity index (χ2v) is 4.26. The highest BCUT2D eigenvalue weighted by molar-refractivity contribution is 5.44. The van der Waals surface area contributed by atoms with Crippen LogP contribution in [-0.4, -0.2) is 43.4 Å². The Bertz CT molecular complexity index is 216. The Morgan fingerprint density at radius 2 is 2.06 bits per heavy atom. The van der Waals surface area contributed by atoms with E-state index in [2.05, 4.69) is 15.8 Å². The number of alkyl halides is 2. The van der Waals surface area contributed by atoms with Gasteiger partial charge in [-0.2, -0.15) is 0 Å². The molecule has 1 fully saturated rings. The van der Waals surface area contributed by atoms with Gasteiger partial charge in [0.1, 0.15) is 0 Å². The summed E-state index contributed by atoms with van der Waals surface area (Å²) in [4.78, 5) is 12.0. The minimum Gasteiger partial charge on any atom is -0.302 e. The summed E-state index contributed by atoms with van der Waals surface area (Å²) in [7, 11) is 1.93. The third kappa shape index (κ3) is 4.40. The van der Waals surface area contributed by atoms with Crippen molar-refractivity contribution in [1.82, 2.24) is 15.8 Å². The molecule has 6 heteroatoms. The summed E-state index contributed by atoms with van der Waals surface area (Å²) in [5.41, 5.74) is 5.06. The first kappa shape index (κ1) is 13.3. The Hall–Kier alpha value is -0.750. The molecular weight excluding hydrogens is 216 g/mol. The van der Waals surface area contributed by atoms with Gasteiger partial charge in [-0.3, -0.25) is 10.2 Å². The van der Waals surface area contributed by atoms with E-state index in [1.807, 2.05) is 7.05 Å². The molecule has 1 saturated carbocycles. The first-order valence-electron chi connectivity index (χ1n) is 5.55. The molecule has 0 heterocycles. The van der Waals surface area contributed by atoms with Gasteiger partial charge in [-0.05, 0) is 19.9 Å². The van der Waals surface area contributed by atoms with Gasteiger partial charge < -0.3 is 4.90 Å². The number of nitrogens with zero attached hydrogens (tertiary/aromatic N) is 1. The summed E-state index contributed by atoms with van der Waals surface area (Å²) >= 11 is 0.